The summed E-state index contributed by atoms with van der Waals surface area (Å²) in [6.45, 7) is 2.34. The Bertz CT molecular complexity index is 656. The van der Waals surface area contributed by atoms with Crippen LogP contribution in [0.4, 0.5) is 0 Å². The third-order valence-electron chi connectivity index (χ3n) is 4.04. The fourth-order valence-electron chi connectivity index (χ4n) is 2.92. The van der Waals surface area contributed by atoms with Crippen molar-refractivity contribution in [3.8, 4) is 0 Å². The second-order valence-corrected chi connectivity index (χ2v) is 10.4. The zero-order valence-electron chi connectivity index (χ0n) is 13.4. The van der Waals surface area contributed by atoms with Crippen LogP contribution in [0.5, 0.6) is 0 Å². The molecule has 2 heteroatoms. The maximum atomic E-state index is 2.34. The molecule has 0 aliphatic carbocycles. The molecule has 0 nitrogen and oxygen atoms in total. The van der Waals surface area contributed by atoms with E-state index >= 15 is 0 Å². The predicted molar refractivity (Wildman–Crippen MR) is 104 cm³/mol. The van der Waals surface area contributed by atoms with Gasteiger partial charge in [0.2, 0.25) is 0 Å². The highest BCUT2D eigenvalue weighted by Crippen LogP contribution is 2.14. The maximum Gasteiger partial charge on any atom is 0.121 e. The van der Waals surface area contributed by atoms with Crippen molar-refractivity contribution in [2.75, 3.05) is 0 Å². The smallest absolute Gasteiger partial charge is 0.0656 e. The normalized spacial score (nSPS) is 12.3. The Kier molecular flexibility index (Phi) is 5.62. The van der Waals surface area contributed by atoms with Crippen molar-refractivity contribution in [2.45, 2.75) is 18.5 Å². The van der Waals surface area contributed by atoms with Crippen molar-refractivity contribution in [1.29, 1.82) is 0 Å². The van der Waals surface area contributed by atoms with Gasteiger partial charge in [0.15, 0.2) is 0 Å². The second kappa shape index (κ2) is 8.09. The lowest BCUT2D eigenvalue weighted by molar-refractivity contribution is 1.00. The lowest BCUT2D eigenvalue weighted by Crippen LogP contribution is -2.49. The Morgan fingerprint density at radius 2 is 1.13 bits per heavy atom. The van der Waals surface area contributed by atoms with E-state index in [1.54, 1.807) is 0 Å². The lowest BCUT2D eigenvalue weighted by Gasteiger charge is -2.25. The van der Waals surface area contributed by atoms with Crippen LogP contribution in [0.3, 0.4) is 0 Å². The van der Waals surface area contributed by atoms with Crippen molar-refractivity contribution in [3.05, 3.63) is 91.0 Å². The molecule has 0 heterocycles. The van der Waals surface area contributed by atoms with Gasteiger partial charge < -0.3 is 0 Å². The van der Waals surface area contributed by atoms with Crippen LogP contribution in [0.25, 0.3) is 0 Å². The van der Waals surface area contributed by atoms with Crippen LogP contribution in [-0.2, 0) is 0 Å². The van der Waals surface area contributed by atoms with E-state index in [-0.39, 0.29) is 0 Å². The monoisotopic (exact) mass is 329 g/mol. The van der Waals surface area contributed by atoms with Gasteiger partial charge in [0.25, 0.3) is 0 Å². The van der Waals surface area contributed by atoms with Gasteiger partial charge in [-0.05, 0) is 5.16 Å². The first-order valence-electron chi connectivity index (χ1n) is 8.17. The first kappa shape index (κ1) is 16.0. The fraction of sp³-hybridized carbons (Fsp3) is 0.143. The summed E-state index contributed by atoms with van der Waals surface area (Å²) in [5.74, 6) is 0. The van der Waals surface area contributed by atoms with Crippen molar-refractivity contribution < 1.29 is 0 Å². The molecule has 3 rings (SSSR count). The van der Waals surface area contributed by atoms with Crippen LogP contribution < -0.4 is 15.6 Å². The Labute approximate surface area is 143 Å². The van der Waals surface area contributed by atoms with Crippen molar-refractivity contribution in [1.82, 2.24) is 0 Å². The molecule has 3 radical (unpaired) electrons. The molecule has 0 N–H and O–H groups in total. The summed E-state index contributed by atoms with van der Waals surface area (Å²) in [5, 5.41) is 5.26. The van der Waals surface area contributed by atoms with E-state index in [2.05, 4.69) is 97.9 Å². The number of rotatable bonds is 6. The molecule has 3 aromatic rings. The Morgan fingerprint density at radius 3 is 1.57 bits per heavy atom. The van der Waals surface area contributed by atoms with Crippen LogP contribution in [0, 0.1) is 0 Å². The zero-order valence-corrected chi connectivity index (χ0v) is 15.4. The van der Waals surface area contributed by atoms with Crippen molar-refractivity contribution in [2.24, 2.45) is 0 Å². The largest absolute Gasteiger partial charge is 0.121 e. The van der Waals surface area contributed by atoms with Gasteiger partial charge in [-0.25, -0.2) is 0 Å². The third kappa shape index (κ3) is 4.09. The van der Waals surface area contributed by atoms with Crippen LogP contribution in [-0.4, -0.2) is 18.3 Å². The van der Waals surface area contributed by atoms with Gasteiger partial charge in [0.05, 0.1) is 9.52 Å². The minimum absolute atomic E-state index is 0.729. The molecular weight excluding hydrogens is 308 g/mol. The Hall–Kier alpha value is -1.91. The molecule has 0 unspecified atom stereocenters. The molecule has 0 aliphatic rings. The van der Waals surface area contributed by atoms with Crippen molar-refractivity contribution in [3.63, 3.8) is 0 Å². The molecule has 1 atom stereocenters. The molecule has 0 spiro atoms. The van der Waals surface area contributed by atoms with E-state index in [1.807, 2.05) is 0 Å². The van der Waals surface area contributed by atoms with E-state index in [0.717, 1.165) is 14.7 Å². The van der Waals surface area contributed by atoms with E-state index in [0.29, 0.717) is 0 Å². The quantitative estimate of drug-likeness (QED) is 0.610. The summed E-state index contributed by atoms with van der Waals surface area (Å²) in [4.78, 5) is 0. The van der Waals surface area contributed by atoms with E-state index in [4.69, 9.17) is 0 Å². The molecular formula is C21H21Si2. The number of hydrogen-bond donors (Lipinski definition) is 0. The minimum atomic E-state index is -0.774. The van der Waals surface area contributed by atoms with Crippen molar-refractivity contribution >= 4 is 33.9 Å². The molecule has 113 valence electrons. The van der Waals surface area contributed by atoms with E-state index < -0.39 is 8.80 Å². The topological polar surface area (TPSA) is 0 Å². The van der Waals surface area contributed by atoms with Gasteiger partial charge in [0, 0.05) is 0 Å². The fourth-order valence-corrected chi connectivity index (χ4v) is 8.64. The zero-order chi connectivity index (χ0) is 15.9. The molecule has 0 aromatic heterocycles. The van der Waals surface area contributed by atoms with Gasteiger partial charge in [-0.2, -0.15) is 0 Å². The molecule has 0 saturated carbocycles. The summed E-state index contributed by atoms with van der Waals surface area (Å²) >= 11 is 0. The molecule has 23 heavy (non-hydrogen) atoms. The molecule has 0 fully saturated rings. The first-order chi connectivity index (χ1) is 11.4. The van der Waals surface area contributed by atoms with Gasteiger partial charge >= 0.3 is 0 Å². The van der Waals surface area contributed by atoms with E-state index in [9.17, 15) is 0 Å². The number of hydrogen-bond acceptors (Lipinski definition) is 0. The number of benzene rings is 3. The average molecular weight is 330 g/mol. The summed E-state index contributed by atoms with van der Waals surface area (Å²) in [7, 11) is 0.0980. The molecule has 0 bridgehead atoms. The summed E-state index contributed by atoms with van der Waals surface area (Å²) in [6, 6.07) is 33.2. The predicted octanol–water partition coefficient (Wildman–Crippen LogP) is 3.06. The summed E-state index contributed by atoms with van der Waals surface area (Å²) < 4.78 is 0. The van der Waals surface area contributed by atoms with Gasteiger partial charge in [-0.1, -0.05) is 120 Å². The van der Waals surface area contributed by atoms with Crippen LogP contribution in [0.15, 0.2) is 91.0 Å². The standard InChI is InChI=1S/C21H21Si2/c1-2-21(22-18-12-6-3-7-13-18)23(19-14-8-4-9-15-19)20-16-10-5-11-17-20/h3-17,21H,2H2,1H3/t21-/m1/s1. The van der Waals surface area contributed by atoms with Crippen LogP contribution in [0.1, 0.15) is 13.3 Å². The highest BCUT2D eigenvalue weighted by molar-refractivity contribution is 6.93. The van der Waals surface area contributed by atoms with Crippen LogP contribution in [0.2, 0.25) is 5.16 Å². The van der Waals surface area contributed by atoms with Gasteiger partial charge in [0.1, 0.15) is 8.80 Å². The third-order valence-corrected chi connectivity index (χ3v) is 9.78. The van der Waals surface area contributed by atoms with Gasteiger partial charge in [-0.15, -0.1) is 0 Å². The Morgan fingerprint density at radius 1 is 0.696 bits per heavy atom. The van der Waals surface area contributed by atoms with E-state index in [1.165, 1.54) is 22.0 Å². The minimum Gasteiger partial charge on any atom is -0.0656 e. The summed E-state index contributed by atoms with van der Waals surface area (Å²) in [5.41, 5.74) is 0. The van der Waals surface area contributed by atoms with Crippen LogP contribution >= 0.6 is 0 Å². The second-order valence-electron chi connectivity index (χ2n) is 5.62. The Balaban J connectivity index is 1.96. The highest BCUT2D eigenvalue weighted by atomic mass is 28.3. The van der Waals surface area contributed by atoms with Gasteiger partial charge in [-0.3, -0.25) is 0 Å². The average Bonchev–Trinajstić information content (AvgIpc) is 2.64. The lowest BCUT2D eigenvalue weighted by atomic mass is 10.4. The SMILES string of the molecule is CC[C@H]([Si]c1ccccc1)[Si](c1ccccc1)c1ccccc1. The molecule has 3 aromatic carbocycles. The molecule has 0 amide bonds. The molecule has 0 saturated heterocycles. The maximum absolute atomic E-state index is 2.34. The first-order valence-corrected chi connectivity index (χ1v) is 10.8. The highest BCUT2D eigenvalue weighted by Gasteiger charge is 2.26. The molecule has 0 aliphatic heterocycles. The summed E-state index contributed by atoms with van der Waals surface area (Å²) in [6.07, 6.45) is 1.23.